The number of nitrogens with zero attached hydrogens (tertiary/aromatic N) is 3. The summed E-state index contributed by atoms with van der Waals surface area (Å²) in [5.41, 5.74) is 0.841. The fraction of sp³-hybridized carbons (Fsp3) is 0.500. The molecule has 1 aliphatic carbocycles. The maximum absolute atomic E-state index is 12.2. The Kier molecular flexibility index (Phi) is 2.65. The van der Waals surface area contributed by atoms with E-state index in [1.54, 1.807) is 12.3 Å². The van der Waals surface area contributed by atoms with Gasteiger partial charge in [0.2, 0.25) is 0 Å². The zero-order chi connectivity index (χ0) is 12.7. The minimum Gasteiger partial charge on any atom is -0.289 e. The molecule has 0 aliphatic heterocycles. The molecule has 2 aromatic rings. The van der Waals surface area contributed by atoms with Crippen molar-refractivity contribution in [2.45, 2.75) is 39.2 Å². The zero-order valence-electron chi connectivity index (χ0n) is 10.8. The van der Waals surface area contributed by atoms with Crippen LogP contribution in [0.5, 0.6) is 0 Å². The molecule has 18 heavy (non-hydrogen) atoms. The van der Waals surface area contributed by atoms with Gasteiger partial charge in [0.15, 0.2) is 0 Å². The van der Waals surface area contributed by atoms with Crippen LogP contribution in [0, 0.1) is 12.8 Å². The number of aromatic nitrogens is 3. The highest BCUT2D eigenvalue weighted by Crippen LogP contribution is 2.35. The summed E-state index contributed by atoms with van der Waals surface area (Å²) in [7, 11) is 0. The molecule has 0 bridgehead atoms. The Hall–Kier alpha value is -1.71. The van der Waals surface area contributed by atoms with Crippen LogP contribution in [-0.4, -0.2) is 14.5 Å². The topological polar surface area (TPSA) is 47.8 Å². The fourth-order valence-corrected chi connectivity index (χ4v) is 2.95. The van der Waals surface area contributed by atoms with Crippen molar-refractivity contribution in [1.82, 2.24) is 14.5 Å². The molecule has 2 atom stereocenters. The van der Waals surface area contributed by atoms with Crippen LogP contribution in [0.25, 0.3) is 11.0 Å². The molecule has 1 aliphatic rings. The third-order valence-corrected chi connectivity index (χ3v) is 3.94. The third-order valence-electron chi connectivity index (χ3n) is 3.94. The van der Waals surface area contributed by atoms with E-state index in [0.717, 1.165) is 17.5 Å². The average Bonchev–Trinajstić information content (AvgIpc) is 2.75. The van der Waals surface area contributed by atoms with Crippen molar-refractivity contribution in [3.8, 4) is 0 Å². The van der Waals surface area contributed by atoms with Gasteiger partial charge in [0.05, 0.1) is 0 Å². The van der Waals surface area contributed by atoms with Gasteiger partial charge in [0.25, 0.3) is 5.56 Å². The molecule has 1 saturated carbocycles. The van der Waals surface area contributed by atoms with Crippen LogP contribution in [0.15, 0.2) is 23.1 Å². The maximum Gasteiger partial charge on any atom is 0.252 e. The van der Waals surface area contributed by atoms with Gasteiger partial charge in [-0.25, -0.2) is 9.97 Å². The van der Waals surface area contributed by atoms with Crippen LogP contribution in [0.1, 0.15) is 38.1 Å². The molecule has 0 saturated heterocycles. The molecule has 2 aromatic heterocycles. The molecule has 0 aromatic carbocycles. The highest BCUT2D eigenvalue weighted by Gasteiger charge is 2.27. The van der Waals surface area contributed by atoms with E-state index in [-0.39, 0.29) is 11.6 Å². The Balaban J connectivity index is 2.29. The number of aryl methyl sites for hydroxylation is 1. The summed E-state index contributed by atoms with van der Waals surface area (Å²) in [5, 5.41) is 0.944. The summed E-state index contributed by atoms with van der Waals surface area (Å²) >= 11 is 0. The molecular formula is C14H17N3O. The van der Waals surface area contributed by atoms with E-state index in [4.69, 9.17) is 0 Å². The van der Waals surface area contributed by atoms with Gasteiger partial charge in [-0.15, -0.1) is 0 Å². The first-order chi connectivity index (χ1) is 8.66. The van der Waals surface area contributed by atoms with Crippen molar-refractivity contribution < 1.29 is 0 Å². The minimum absolute atomic E-state index is 0.0550. The van der Waals surface area contributed by atoms with E-state index in [1.165, 1.54) is 12.8 Å². The van der Waals surface area contributed by atoms with Crippen molar-refractivity contribution in [3.63, 3.8) is 0 Å². The Morgan fingerprint density at radius 1 is 1.33 bits per heavy atom. The normalized spacial score (nSPS) is 23.7. The summed E-state index contributed by atoms with van der Waals surface area (Å²) in [6, 6.07) is 3.73. The highest BCUT2D eigenvalue weighted by molar-refractivity contribution is 5.73. The van der Waals surface area contributed by atoms with Gasteiger partial charge >= 0.3 is 0 Å². The lowest BCUT2D eigenvalue weighted by atomic mass is 10.1. The Bertz CT molecular complexity index is 647. The van der Waals surface area contributed by atoms with Gasteiger partial charge in [0.1, 0.15) is 11.5 Å². The molecule has 0 radical (unpaired) electrons. The largest absolute Gasteiger partial charge is 0.289 e. The second kappa shape index (κ2) is 4.19. The number of pyridine rings is 1. The number of fused-ring (bicyclic) bond motifs is 1. The van der Waals surface area contributed by atoms with Crippen molar-refractivity contribution in [1.29, 1.82) is 0 Å². The molecule has 4 heteroatoms. The van der Waals surface area contributed by atoms with Gasteiger partial charge in [-0.2, -0.15) is 0 Å². The van der Waals surface area contributed by atoms with Crippen LogP contribution in [0.4, 0.5) is 0 Å². The van der Waals surface area contributed by atoms with Gasteiger partial charge in [-0.05, 0) is 31.7 Å². The van der Waals surface area contributed by atoms with E-state index in [2.05, 4.69) is 16.9 Å². The standard InChI is InChI=1S/C14H17N3O/c1-9-4-3-5-12(9)17-13(18)7-6-11-8-15-10(2)16-14(11)17/h6-9,12H,3-5H2,1-2H3/t9-,12+/m0/s1. The molecule has 0 unspecified atom stereocenters. The quantitative estimate of drug-likeness (QED) is 0.773. The Morgan fingerprint density at radius 3 is 2.89 bits per heavy atom. The van der Waals surface area contributed by atoms with Crippen LogP contribution in [-0.2, 0) is 0 Å². The van der Waals surface area contributed by atoms with Gasteiger partial charge in [-0.3, -0.25) is 9.36 Å². The summed E-state index contributed by atoms with van der Waals surface area (Å²) in [6.45, 7) is 4.08. The van der Waals surface area contributed by atoms with Crippen LogP contribution in [0.2, 0.25) is 0 Å². The zero-order valence-corrected chi connectivity index (χ0v) is 10.8. The van der Waals surface area contributed by atoms with Gasteiger partial charge in [0, 0.05) is 23.7 Å². The molecular weight excluding hydrogens is 226 g/mol. The lowest BCUT2D eigenvalue weighted by Gasteiger charge is -2.20. The Labute approximate surface area is 106 Å². The molecule has 4 nitrogen and oxygen atoms in total. The van der Waals surface area contributed by atoms with E-state index in [0.29, 0.717) is 11.7 Å². The highest BCUT2D eigenvalue weighted by atomic mass is 16.1. The average molecular weight is 243 g/mol. The number of hydrogen-bond acceptors (Lipinski definition) is 3. The van der Waals surface area contributed by atoms with E-state index in [1.807, 2.05) is 17.6 Å². The fourth-order valence-electron chi connectivity index (χ4n) is 2.95. The van der Waals surface area contributed by atoms with Crippen molar-refractivity contribution in [2.75, 3.05) is 0 Å². The van der Waals surface area contributed by atoms with Crippen molar-refractivity contribution >= 4 is 11.0 Å². The third kappa shape index (κ3) is 1.72. The smallest absolute Gasteiger partial charge is 0.252 e. The molecule has 0 spiro atoms. The van der Waals surface area contributed by atoms with Gasteiger partial charge in [-0.1, -0.05) is 13.3 Å². The lowest BCUT2D eigenvalue weighted by molar-refractivity contribution is 0.406. The SMILES string of the molecule is Cc1ncc2ccc(=O)n([C@@H]3CCC[C@@H]3C)c2n1. The second-order valence-corrected chi connectivity index (χ2v) is 5.21. The summed E-state index contributed by atoms with van der Waals surface area (Å²) < 4.78 is 1.88. The first-order valence-corrected chi connectivity index (χ1v) is 6.52. The van der Waals surface area contributed by atoms with Crippen LogP contribution < -0.4 is 5.56 Å². The predicted molar refractivity (Wildman–Crippen MR) is 70.6 cm³/mol. The monoisotopic (exact) mass is 243 g/mol. The minimum atomic E-state index is 0.0550. The second-order valence-electron chi connectivity index (χ2n) is 5.21. The molecule has 2 heterocycles. The van der Waals surface area contributed by atoms with E-state index >= 15 is 0 Å². The maximum atomic E-state index is 12.2. The summed E-state index contributed by atoms with van der Waals surface area (Å²) in [5.74, 6) is 1.26. The van der Waals surface area contributed by atoms with Crippen molar-refractivity contribution in [3.05, 3.63) is 34.5 Å². The Morgan fingerprint density at radius 2 is 2.17 bits per heavy atom. The first kappa shape index (κ1) is 11.4. The first-order valence-electron chi connectivity index (χ1n) is 6.52. The van der Waals surface area contributed by atoms with E-state index in [9.17, 15) is 4.79 Å². The van der Waals surface area contributed by atoms with Gasteiger partial charge < -0.3 is 0 Å². The van der Waals surface area contributed by atoms with Crippen molar-refractivity contribution in [2.24, 2.45) is 5.92 Å². The molecule has 0 N–H and O–H groups in total. The summed E-state index contributed by atoms with van der Waals surface area (Å²) in [4.78, 5) is 20.8. The number of rotatable bonds is 1. The molecule has 3 rings (SSSR count). The van der Waals surface area contributed by atoms with E-state index < -0.39 is 0 Å². The predicted octanol–water partition coefficient (Wildman–Crippen LogP) is 2.46. The summed E-state index contributed by atoms with van der Waals surface area (Å²) in [6.07, 6.45) is 5.26. The number of hydrogen-bond donors (Lipinski definition) is 0. The lowest BCUT2D eigenvalue weighted by Crippen LogP contribution is -2.26. The molecule has 0 amide bonds. The van der Waals surface area contributed by atoms with Crippen LogP contribution >= 0.6 is 0 Å². The molecule has 94 valence electrons. The molecule has 1 fully saturated rings. The van der Waals surface area contributed by atoms with Crippen LogP contribution in [0.3, 0.4) is 0 Å².